The van der Waals surface area contributed by atoms with Gasteiger partial charge in [0.25, 0.3) is 0 Å². The third-order valence-electron chi connectivity index (χ3n) is 2.84. The van der Waals surface area contributed by atoms with E-state index in [0.717, 1.165) is 19.8 Å². The highest BCUT2D eigenvalue weighted by Crippen LogP contribution is 2.14. The van der Waals surface area contributed by atoms with Crippen molar-refractivity contribution in [3.8, 4) is 0 Å². The van der Waals surface area contributed by atoms with E-state index in [4.69, 9.17) is 4.74 Å². The predicted octanol–water partition coefficient (Wildman–Crippen LogP) is 2.68. The molecule has 0 spiro atoms. The van der Waals surface area contributed by atoms with Gasteiger partial charge in [0.1, 0.15) is 0 Å². The van der Waals surface area contributed by atoms with Crippen LogP contribution in [0.4, 0.5) is 0 Å². The molecular weight excluding hydrogens is 212 g/mol. The summed E-state index contributed by atoms with van der Waals surface area (Å²) in [6.45, 7) is 6.59. The molecule has 3 nitrogen and oxygen atoms in total. The first kappa shape index (κ1) is 12.1. The summed E-state index contributed by atoms with van der Waals surface area (Å²) in [5, 5.41) is 4.72. The van der Waals surface area contributed by atoms with E-state index in [1.54, 1.807) is 0 Å². The number of nitrogens with one attached hydrogen (secondary N) is 2. The van der Waals surface area contributed by atoms with Crippen molar-refractivity contribution in [2.75, 3.05) is 13.2 Å². The van der Waals surface area contributed by atoms with Gasteiger partial charge >= 0.3 is 0 Å². The van der Waals surface area contributed by atoms with Crippen LogP contribution < -0.4 is 5.32 Å². The Labute approximate surface area is 102 Å². The van der Waals surface area contributed by atoms with Crippen molar-refractivity contribution in [3.63, 3.8) is 0 Å². The first-order chi connectivity index (χ1) is 8.29. The summed E-state index contributed by atoms with van der Waals surface area (Å²) < 4.78 is 5.37. The lowest BCUT2D eigenvalue weighted by molar-refractivity contribution is 0.127. The van der Waals surface area contributed by atoms with Crippen LogP contribution in [0.1, 0.15) is 19.4 Å². The summed E-state index contributed by atoms with van der Waals surface area (Å²) in [5.74, 6) is 0. The molecule has 1 unspecified atom stereocenters. The van der Waals surface area contributed by atoms with Gasteiger partial charge in [-0.25, -0.2) is 0 Å². The van der Waals surface area contributed by atoms with Crippen LogP contribution in [-0.2, 0) is 11.3 Å². The maximum atomic E-state index is 5.37. The predicted molar refractivity (Wildman–Crippen MR) is 71.1 cm³/mol. The molecule has 0 saturated carbocycles. The number of H-pyrrole nitrogens is 1. The topological polar surface area (TPSA) is 37.0 Å². The molecular formula is C14H20N2O. The Morgan fingerprint density at radius 2 is 2.24 bits per heavy atom. The minimum Gasteiger partial charge on any atom is -0.380 e. The molecule has 0 fully saturated rings. The Bertz CT molecular complexity index is 464. The third-order valence-corrected chi connectivity index (χ3v) is 2.84. The van der Waals surface area contributed by atoms with Crippen molar-refractivity contribution >= 4 is 10.9 Å². The first-order valence-corrected chi connectivity index (χ1v) is 6.16. The molecule has 0 aliphatic rings. The van der Waals surface area contributed by atoms with E-state index in [1.165, 1.54) is 16.5 Å². The maximum Gasteiger partial charge on any atom is 0.0616 e. The van der Waals surface area contributed by atoms with E-state index >= 15 is 0 Å². The molecule has 0 aliphatic carbocycles. The van der Waals surface area contributed by atoms with Crippen molar-refractivity contribution < 1.29 is 4.74 Å². The van der Waals surface area contributed by atoms with Gasteiger partial charge in [0.15, 0.2) is 0 Å². The largest absolute Gasteiger partial charge is 0.380 e. The molecule has 0 saturated heterocycles. The lowest BCUT2D eigenvalue weighted by atomic mass is 10.1. The van der Waals surface area contributed by atoms with Crippen molar-refractivity contribution in [1.29, 1.82) is 0 Å². The molecule has 1 heterocycles. The van der Waals surface area contributed by atoms with Crippen LogP contribution >= 0.6 is 0 Å². The number of aromatic amines is 1. The molecule has 1 aromatic carbocycles. The van der Waals surface area contributed by atoms with E-state index < -0.39 is 0 Å². The highest BCUT2D eigenvalue weighted by molar-refractivity contribution is 5.79. The van der Waals surface area contributed by atoms with Gasteiger partial charge in [-0.1, -0.05) is 6.07 Å². The Morgan fingerprint density at radius 1 is 1.35 bits per heavy atom. The van der Waals surface area contributed by atoms with E-state index in [0.29, 0.717) is 6.04 Å². The maximum absolute atomic E-state index is 5.37. The van der Waals surface area contributed by atoms with Gasteiger partial charge < -0.3 is 15.0 Å². The standard InChI is InChI=1S/C14H20N2O/c1-3-17-10-11(2)16-9-12-4-5-14-13(8-12)6-7-15-14/h4-8,11,15-16H,3,9-10H2,1-2H3. The molecule has 0 bridgehead atoms. The average molecular weight is 232 g/mol. The number of ether oxygens (including phenoxy) is 1. The molecule has 1 aromatic heterocycles. The number of aromatic nitrogens is 1. The zero-order valence-corrected chi connectivity index (χ0v) is 10.5. The molecule has 3 heteroatoms. The van der Waals surface area contributed by atoms with E-state index in [9.17, 15) is 0 Å². The van der Waals surface area contributed by atoms with E-state index in [2.05, 4.69) is 41.5 Å². The highest BCUT2D eigenvalue weighted by atomic mass is 16.5. The summed E-state index contributed by atoms with van der Waals surface area (Å²) >= 11 is 0. The number of rotatable bonds is 6. The van der Waals surface area contributed by atoms with Crippen LogP contribution in [0.5, 0.6) is 0 Å². The summed E-state index contributed by atoms with van der Waals surface area (Å²) in [6, 6.07) is 8.98. The Balaban J connectivity index is 1.89. The van der Waals surface area contributed by atoms with E-state index in [1.807, 2.05) is 13.1 Å². The van der Waals surface area contributed by atoms with Crippen LogP contribution in [0.3, 0.4) is 0 Å². The Morgan fingerprint density at radius 3 is 3.06 bits per heavy atom. The summed E-state index contributed by atoms with van der Waals surface area (Å²) in [4.78, 5) is 3.20. The zero-order valence-electron chi connectivity index (χ0n) is 10.5. The number of benzene rings is 1. The fraction of sp³-hybridized carbons (Fsp3) is 0.429. The van der Waals surface area contributed by atoms with Crippen molar-refractivity contribution in [2.24, 2.45) is 0 Å². The highest BCUT2D eigenvalue weighted by Gasteiger charge is 2.02. The van der Waals surface area contributed by atoms with Crippen LogP contribution in [0.25, 0.3) is 10.9 Å². The van der Waals surface area contributed by atoms with Gasteiger partial charge in [-0.05, 0) is 43.0 Å². The molecule has 2 rings (SSSR count). The number of hydrogen-bond acceptors (Lipinski definition) is 2. The van der Waals surface area contributed by atoms with Gasteiger partial charge in [0.2, 0.25) is 0 Å². The van der Waals surface area contributed by atoms with Gasteiger partial charge in [0.05, 0.1) is 6.61 Å². The van der Waals surface area contributed by atoms with Crippen molar-refractivity contribution in [1.82, 2.24) is 10.3 Å². The lowest BCUT2D eigenvalue weighted by Gasteiger charge is -2.13. The van der Waals surface area contributed by atoms with Gasteiger partial charge in [-0.15, -0.1) is 0 Å². The molecule has 0 aliphatic heterocycles. The second-order valence-corrected chi connectivity index (χ2v) is 4.34. The smallest absolute Gasteiger partial charge is 0.0616 e. The lowest BCUT2D eigenvalue weighted by Crippen LogP contribution is -2.30. The summed E-state index contributed by atoms with van der Waals surface area (Å²) in [7, 11) is 0. The van der Waals surface area contributed by atoms with Crippen LogP contribution in [0, 0.1) is 0 Å². The number of hydrogen-bond donors (Lipinski definition) is 2. The Kier molecular flexibility index (Phi) is 4.18. The van der Waals surface area contributed by atoms with Gasteiger partial charge in [-0.3, -0.25) is 0 Å². The molecule has 92 valence electrons. The SMILES string of the molecule is CCOCC(C)NCc1ccc2[nH]ccc2c1. The van der Waals surface area contributed by atoms with Gasteiger partial charge in [0, 0.05) is 30.9 Å². The average Bonchev–Trinajstić information content (AvgIpc) is 2.81. The van der Waals surface area contributed by atoms with Crippen molar-refractivity contribution in [3.05, 3.63) is 36.0 Å². The molecule has 2 N–H and O–H groups in total. The van der Waals surface area contributed by atoms with Crippen LogP contribution in [0.2, 0.25) is 0 Å². The van der Waals surface area contributed by atoms with Crippen LogP contribution in [0.15, 0.2) is 30.5 Å². The fourth-order valence-corrected chi connectivity index (χ4v) is 1.86. The zero-order chi connectivity index (χ0) is 12.1. The molecule has 0 amide bonds. The second-order valence-electron chi connectivity index (χ2n) is 4.34. The fourth-order valence-electron chi connectivity index (χ4n) is 1.86. The molecule has 2 aromatic rings. The monoisotopic (exact) mass is 232 g/mol. The molecule has 0 radical (unpaired) electrons. The summed E-state index contributed by atoms with van der Waals surface area (Å²) in [6.07, 6.45) is 1.97. The molecule has 1 atom stereocenters. The minimum absolute atomic E-state index is 0.386. The molecule has 17 heavy (non-hydrogen) atoms. The van der Waals surface area contributed by atoms with E-state index in [-0.39, 0.29) is 0 Å². The minimum atomic E-state index is 0.386. The normalized spacial score (nSPS) is 13.1. The first-order valence-electron chi connectivity index (χ1n) is 6.16. The quantitative estimate of drug-likeness (QED) is 0.803. The second kappa shape index (κ2) is 5.84. The summed E-state index contributed by atoms with van der Waals surface area (Å²) in [5.41, 5.74) is 2.50. The Hall–Kier alpha value is -1.32. The van der Waals surface area contributed by atoms with Crippen LogP contribution in [-0.4, -0.2) is 24.2 Å². The third kappa shape index (κ3) is 3.32. The van der Waals surface area contributed by atoms with Gasteiger partial charge in [-0.2, -0.15) is 0 Å². The number of fused-ring (bicyclic) bond motifs is 1. The van der Waals surface area contributed by atoms with Crippen molar-refractivity contribution in [2.45, 2.75) is 26.4 Å².